The minimum absolute atomic E-state index is 0.0769. The van der Waals surface area contributed by atoms with Crippen LogP contribution in [-0.2, 0) is 7.05 Å². The zero-order valence-electron chi connectivity index (χ0n) is 13.2. The highest BCUT2D eigenvalue weighted by Crippen LogP contribution is 2.30. The Morgan fingerprint density at radius 1 is 1.25 bits per heavy atom. The van der Waals surface area contributed by atoms with Gasteiger partial charge in [-0.3, -0.25) is 9.48 Å². The molecule has 6 nitrogen and oxygen atoms in total. The molecule has 0 aliphatic carbocycles. The fourth-order valence-electron chi connectivity index (χ4n) is 2.75. The summed E-state index contributed by atoms with van der Waals surface area (Å²) < 4.78 is 1.70. The van der Waals surface area contributed by atoms with Crippen molar-refractivity contribution in [2.75, 3.05) is 0 Å². The number of carbonyl (C=O) groups is 1. The van der Waals surface area contributed by atoms with E-state index >= 15 is 0 Å². The summed E-state index contributed by atoms with van der Waals surface area (Å²) in [5.74, 6) is 0.0769. The van der Waals surface area contributed by atoms with Crippen LogP contribution in [0, 0.1) is 0 Å². The number of thioether (sulfide) groups is 1. The van der Waals surface area contributed by atoms with Crippen molar-refractivity contribution in [1.29, 1.82) is 0 Å². The fourth-order valence-corrected chi connectivity index (χ4v) is 3.70. The Bertz CT molecular complexity index is 1050. The molecule has 1 aromatic carbocycles. The molecule has 1 N–H and O–H groups in total. The maximum atomic E-state index is 12.9. The molecule has 120 valence electrons. The Hall–Kier alpha value is -2.67. The van der Waals surface area contributed by atoms with E-state index in [0.29, 0.717) is 5.56 Å². The lowest BCUT2D eigenvalue weighted by atomic mass is 10.1. The first-order chi connectivity index (χ1) is 11.6. The van der Waals surface area contributed by atoms with Crippen LogP contribution in [0.4, 0.5) is 0 Å². The summed E-state index contributed by atoms with van der Waals surface area (Å²) in [6, 6.07) is 7.81. The molecule has 0 radical (unpaired) electrons. The number of rotatable bonds is 4. The molecule has 0 amide bonds. The van der Waals surface area contributed by atoms with Crippen molar-refractivity contribution in [3.63, 3.8) is 0 Å². The molecule has 1 atom stereocenters. The van der Waals surface area contributed by atoms with E-state index in [1.165, 1.54) is 18.1 Å². The SMILES string of the molecule is CC(Sc1ncnc2c1cnn2C)C(=O)c1c[nH]c2ccccc12. The van der Waals surface area contributed by atoms with Crippen LogP contribution in [0.1, 0.15) is 17.3 Å². The van der Waals surface area contributed by atoms with E-state index < -0.39 is 0 Å². The van der Waals surface area contributed by atoms with Gasteiger partial charge in [0.05, 0.1) is 16.8 Å². The van der Waals surface area contributed by atoms with Crippen molar-refractivity contribution in [1.82, 2.24) is 24.7 Å². The Morgan fingerprint density at radius 3 is 2.96 bits per heavy atom. The van der Waals surface area contributed by atoms with Gasteiger partial charge in [-0.05, 0) is 13.0 Å². The van der Waals surface area contributed by atoms with E-state index in [9.17, 15) is 4.79 Å². The molecule has 0 aliphatic rings. The molecule has 1 unspecified atom stereocenters. The van der Waals surface area contributed by atoms with Crippen LogP contribution in [-0.4, -0.2) is 35.8 Å². The van der Waals surface area contributed by atoms with Crippen LogP contribution in [0.2, 0.25) is 0 Å². The van der Waals surface area contributed by atoms with E-state index in [0.717, 1.165) is 27.0 Å². The molecular weight excluding hydrogens is 322 g/mol. The van der Waals surface area contributed by atoms with Gasteiger partial charge in [-0.25, -0.2) is 9.97 Å². The number of nitrogens with zero attached hydrogens (tertiary/aromatic N) is 4. The summed E-state index contributed by atoms with van der Waals surface area (Å²) in [6.45, 7) is 1.90. The second-order valence-corrected chi connectivity index (χ2v) is 6.89. The molecule has 4 rings (SSSR count). The number of nitrogens with one attached hydrogen (secondary N) is 1. The van der Waals surface area contributed by atoms with E-state index in [-0.39, 0.29) is 11.0 Å². The predicted molar refractivity (Wildman–Crippen MR) is 94.3 cm³/mol. The number of hydrogen-bond acceptors (Lipinski definition) is 5. The number of H-pyrrole nitrogens is 1. The lowest BCUT2D eigenvalue weighted by Crippen LogP contribution is -2.13. The van der Waals surface area contributed by atoms with Crippen LogP contribution in [0.3, 0.4) is 0 Å². The zero-order valence-corrected chi connectivity index (χ0v) is 14.0. The van der Waals surface area contributed by atoms with Crippen LogP contribution in [0.5, 0.6) is 0 Å². The van der Waals surface area contributed by atoms with E-state index in [4.69, 9.17) is 0 Å². The third-order valence-electron chi connectivity index (χ3n) is 4.01. The number of aromatic nitrogens is 5. The topological polar surface area (TPSA) is 76.5 Å². The fraction of sp³-hybridized carbons (Fsp3) is 0.176. The Balaban J connectivity index is 1.66. The van der Waals surface area contributed by atoms with Crippen LogP contribution in [0.15, 0.2) is 48.0 Å². The lowest BCUT2D eigenvalue weighted by Gasteiger charge is -2.09. The zero-order chi connectivity index (χ0) is 16.7. The van der Waals surface area contributed by atoms with Gasteiger partial charge in [-0.15, -0.1) is 0 Å². The summed E-state index contributed by atoms with van der Waals surface area (Å²) >= 11 is 1.43. The highest BCUT2D eigenvalue weighted by Gasteiger charge is 2.21. The Labute approximate surface area is 142 Å². The average Bonchev–Trinajstić information content (AvgIpc) is 3.19. The van der Waals surface area contributed by atoms with E-state index in [1.54, 1.807) is 17.1 Å². The van der Waals surface area contributed by atoms with Crippen LogP contribution < -0.4 is 0 Å². The first kappa shape index (κ1) is 14.9. The Morgan fingerprint density at radius 2 is 2.08 bits per heavy atom. The first-order valence-corrected chi connectivity index (χ1v) is 8.43. The average molecular weight is 337 g/mol. The summed E-state index contributed by atoms with van der Waals surface area (Å²) in [7, 11) is 1.84. The minimum atomic E-state index is -0.262. The second-order valence-electron chi connectivity index (χ2n) is 5.56. The molecular formula is C17H15N5OS. The lowest BCUT2D eigenvalue weighted by molar-refractivity contribution is 0.0995. The number of fused-ring (bicyclic) bond motifs is 2. The summed E-state index contributed by atoms with van der Waals surface area (Å²) in [4.78, 5) is 24.6. The number of hydrogen-bond donors (Lipinski definition) is 1. The largest absolute Gasteiger partial charge is 0.360 e. The quantitative estimate of drug-likeness (QED) is 0.351. The first-order valence-electron chi connectivity index (χ1n) is 7.55. The normalized spacial score (nSPS) is 12.8. The molecule has 0 aliphatic heterocycles. The maximum absolute atomic E-state index is 12.9. The van der Waals surface area contributed by atoms with Crippen molar-refractivity contribution in [2.45, 2.75) is 17.2 Å². The molecule has 3 heterocycles. The summed E-state index contributed by atoms with van der Waals surface area (Å²) in [5, 5.41) is 6.53. The van der Waals surface area contributed by atoms with Gasteiger partial charge in [0.1, 0.15) is 11.4 Å². The molecule has 24 heavy (non-hydrogen) atoms. The van der Waals surface area contributed by atoms with Crippen molar-refractivity contribution in [2.24, 2.45) is 7.05 Å². The minimum Gasteiger partial charge on any atom is -0.360 e. The third-order valence-corrected chi connectivity index (χ3v) is 5.12. The van der Waals surface area contributed by atoms with Crippen LogP contribution >= 0.6 is 11.8 Å². The molecule has 0 saturated heterocycles. The van der Waals surface area contributed by atoms with E-state index in [1.807, 2.05) is 38.2 Å². The molecule has 4 aromatic rings. The van der Waals surface area contributed by atoms with E-state index in [2.05, 4.69) is 20.1 Å². The van der Waals surface area contributed by atoms with Gasteiger partial charge < -0.3 is 4.98 Å². The summed E-state index contributed by atoms with van der Waals surface area (Å²) in [5.41, 5.74) is 2.44. The number of ketones is 1. The molecule has 0 saturated carbocycles. The molecule has 3 aromatic heterocycles. The second kappa shape index (κ2) is 5.76. The van der Waals surface area contributed by atoms with Crippen molar-refractivity contribution < 1.29 is 4.79 Å². The third kappa shape index (κ3) is 2.37. The maximum Gasteiger partial charge on any atom is 0.178 e. The number of aryl methyl sites for hydroxylation is 1. The number of benzene rings is 1. The number of aromatic amines is 1. The van der Waals surface area contributed by atoms with Gasteiger partial charge in [-0.1, -0.05) is 30.0 Å². The van der Waals surface area contributed by atoms with Crippen molar-refractivity contribution in [3.05, 3.63) is 48.5 Å². The number of para-hydroxylation sites is 1. The van der Waals surface area contributed by atoms with Crippen molar-refractivity contribution >= 4 is 39.5 Å². The Kier molecular flexibility index (Phi) is 3.57. The van der Waals surface area contributed by atoms with Gasteiger partial charge in [0.15, 0.2) is 11.4 Å². The van der Waals surface area contributed by atoms with Gasteiger partial charge in [0.2, 0.25) is 0 Å². The smallest absolute Gasteiger partial charge is 0.178 e. The summed E-state index contributed by atoms with van der Waals surface area (Å²) in [6.07, 6.45) is 5.03. The number of Topliss-reactive ketones (excluding diaryl/α,β-unsaturated/α-hetero) is 1. The number of carbonyl (C=O) groups excluding carboxylic acids is 1. The molecule has 0 bridgehead atoms. The monoisotopic (exact) mass is 337 g/mol. The molecule has 0 fully saturated rings. The van der Waals surface area contributed by atoms with Gasteiger partial charge in [0, 0.05) is 29.7 Å². The van der Waals surface area contributed by atoms with Gasteiger partial charge in [-0.2, -0.15) is 5.10 Å². The molecule has 7 heteroatoms. The highest BCUT2D eigenvalue weighted by atomic mass is 32.2. The standard InChI is InChI=1S/C17H15N5OS/c1-10(15(23)12-7-18-14-6-4-3-5-11(12)14)24-17-13-8-21-22(2)16(13)19-9-20-17/h3-10,18H,1-2H3. The predicted octanol–water partition coefficient (Wildman–Crippen LogP) is 3.21. The van der Waals surface area contributed by atoms with Crippen LogP contribution in [0.25, 0.3) is 21.9 Å². The van der Waals surface area contributed by atoms with Gasteiger partial charge >= 0.3 is 0 Å². The van der Waals surface area contributed by atoms with Gasteiger partial charge in [0.25, 0.3) is 0 Å². The highest BCUT2D eigenvalue weighted by molar-refractivity contribution is 8.00. The van der Waals surface area contributed by atoms with Crippen molar-refractivity contribution in [3.8, 4) is 0 Å². The molecule has 0 spiro atoms.